The minimum absolute atomic E-state index is 0.185. The van der Waals surface area contributed by atoms with Gasteiger partial charge in [-0.2, -0.15) is 0 Å². The van der Waals surface area contributed by atoms with Gasteiger partial charge in [-0.15, -0.1) is 0 Å². The monoisotopic (exact) mass is 316 g/mol. The number of nitrogens with two attached hydrogens (primary N) is 1. The maximum Gasteiger partial charge on any atom is 0.137 e. The van der Waals surface area contributed by atoms with Crippen molar-refractivity contribution >= 4 is 11.6 Å². The lowest BCUT2D eigenvalue weighted by Crippen LogP contribution is -2.86. The van der Waals surface area contributed by atoms with Crippen LogP contribution in [0.25, 0.3) is 0 Å². The molecule has 4 N–H and O–H groups in total. The number of quaternary nitrogens is 1. The van der Waals surface area contributed by atoms with E-state index in [9.17, 15) is 5.11 Å². The van der Waals surface area contributed by atoms with Gasteiger partial charge in [0.05, 0.1) is 6.54 Å². The Labute approximate surface area is 132 Å². The molecule has 0 aromatic heterocycles. The first-order valence-corrected chi connectivity index (χ1v) is 7.87. The summed E-state index contributed by atoms with van der Waals surface area (Å²) >= 11 is 6.16. The van der Waals surface area contributed by atoms with Gasteiger partial charge in [-0.25, -0.2) is 0 Å². The van der Waals surface area contributed by atoms with Gasteiger partial charge in [-0.05, 0) is 36.1 Å². The summed E-state index contributed by atoms with van der Waals surface area (Å²) in [6.45, 7) is 7.95. The summed E-state index contributed by atoms with van der Waals surface area (Å²) < 4.78 is 5.78. The highest BCUT2D eigenvalue weighted by atomic mass is 35.5. The second kappa shape index (κ2) is 9.26. The van der Waals surface area contributed by atoms with Gasteiger partial charge >= 0.3 is 0 Å². The molecule has 0 bridgehead atoms. The Morgan fingerprint density at radius 3 is 2.67 bits per heavy atom. The van der Waals surface area contributed by atoms with Crippen LogP contribution in [0.4, 0.5) is 0 Å². The van der Waals surface area contributed by atoms with Crippen molar-refractivity contribution in [2.45, 2.75) is 39.2 Å². The fourth-order valence-electron chi connectivity index (χ4n) is 2.05. The lowest BCUT2D eigenvalue weighted by molar-refractivity contribution is -0.661. The molecule has 0 aliphatic carbocycles. The molecule has 0 spiro atoms. The van der Waals surface area contributed by atoms with E-state index in [0.29, 0.717) is 12.5 Å². The largest absolute Gasteiger partial charge is 0.490 e. The van der Waals surface area contributed by atoms with Crippen LogP contribution in [0.3, 0.4) is 0 Å². The molecule has 0 heterocycles. The molecule has 0 radical (unpaired) electrons. The van der Waals surface area contributed by atoms with E-state index in [0.717, 1.165) is 34.9 Å². The Hall–Kier alpha value is -0.810. The van der Waals surface area contributed by atoms with E-state index < -0.39 is 6.10 Å². The number of ether oxygens (including phenoxy) is 1. The van der Waals surface area contributed by atoms with Crippen LogP contribution in [-0.2, 0) is 0 Å². The molecule has 0 unspecified atom stereocenters. The lowest BCUT2D eigenvalue weighted by atomic mass is 10.0. The molecular weight excluding hydrogens is 290 g/mol. The Morgan fingerprint density at radius 2 is 2.05 bits per heavy atom. The molecule has 4 nitrogen and oxygen atoms in total. The van der Waals surface area contributed by atoms with Crippen LogP contribution in [-0.4, -0.2) is 42.6 Å². The number of halogens is 1. The van der Waals surface area contributed by atoms with Crippen LogP contribution in [0, 0.1) is 6.92 Å². The van der Waals surface area contributed by atoms with E-state index in [1.54, 1.807) is 0 Å². The van der Waals surface area contributed by atoms with Crippen LogP contribution < -0.4 is 10.1 Å². The van der Waals surface area contributed by atoms with Crippen molar-refractivity contribution in [2.24, 2.45) is 0 Å². The van der Waals surface area contributed by atoms with Crippen molar-refractivity contribution in [3.63, 3.8) is 0 Å². The van der Waals surface area contributed by atoms with Crippen LogP contribution in [0.1, 0.15) is 37.3 Å². The second-order valence-electron chi connectivity index (χ2n) is 5.65. The van der Waals surface area contributed by atoms with Gasteiger partial charge in [-0.1, -0.05) is 25.4 Å². The molecule has 0 aliphatic rings. The molecule has 21 heavy (non-hydrogen) atoms. The van der Waals surface area contributed by atoms with E-state index in [4.69, 9.17) is 21.4 Å². The topological polar surface area (TPSA) is 66.3 Å². The molecular formula is C16H27ClNO3+. The molecule has 0 fully saturated rings. The minimum Gasteiger partial charge on any atom is -0.490 e. The molecule has 1 aromatic carbocycles. The van der Waals surface area contributed by atoms with Crippen molar-refractivity contribution in [1.29, 1.82) is 0 Å². The van der Waals surface area contributed by atoms with Gasteiger partial charge in [0.1, 0.15) is 25.0 Å². The number of hydrogen-bond acceptors (Lipinski definition) is 3. The summed E-state index contributed by atoms with van der Waals surface area (Å²) in [5.41, 5.74) is 2.03. The van der Waals surface area contributed by atoms with Crippen molar-refractivity contribution < 1.29 is 20.3 Å². The molecule has 120 valence electrons. The molecule has 1 atom stereocenters. The van der Waals surface area contributed by atoms with E-state index in [-0.39, 0.29) is 13.2 Å². The Morgan fingerprint density at radius 1 is 1.33 bits per heavy atom. The predicted octanol–water partition coefficient (Wildman–Crippen LogP) is 1.46. The second-order valence-corrected chi connectivity index (χ2v) is 6.06. The first kappa shape index (κ1) is 18.2. The van der Waals surface area contributed by atoms with Gasteiger partial charge in [0.2, 0.25) is 0 Å². The first-order chi connectivity index (χ1) is 9.95. The smallest absolute Gasteiger partial charge is 0.137 e. The Kier molecular flexibility index (Phi) is 8.04. The Bertz CT molecular complexity index is 438. The van der Waals surface area contributed by atoms with Crippen LogP contribution in [0.15, 0.2) is 12.1 Å². The van der Waals surface area contributed by atoms with Crippen molar-refractivity contribution in [3.05, 3.63) is 28.3 Å². The molecule has 0 aliphatic heterocycles. The summed E-state index contributed by atoms with van der Waals surface area (Å²) in [4.78, 5) is 0. The third kappa shape index (κ3) is 6.22. The molecule has 0 saturated carbocycles. The van der Waals surface area contributed by atoms with E-state index >= 15 is 0 Å². The van der Waals surface area contributed by atoms with Crippen molar-refractivity contribution in [1.82, 2.24) is 0 Å². The summed E-state index contributed by atoms with van der Waals surface area (Å²) in [5.74, 6) is 1.10. The molecule has 0 amide bonds. The van der Waals surface area contributed by atoms with E-state index in [1.807, 2.05) is 24.4 Å². The number of aliphatic hydroxyl groups is 2. The number of rotatable bonds is 9. The third-order valence-electron chi connectivity index (χ3n) is 3.35. The van der Waals surface area contributed by atoms with Crippen molar-refractivity contribution in [3.8, 4) is 5.75 Å². The van der Waals surface area contributed by atoms with Crippen LogP contribution in [0.5, 0.6) is 5.75 Å². The fourth-order valence-corrected chi connectivity index (χ4v) is 2.22. The van der Waals surface area contributed by atoms with E-state index in [2.05, 4.69) is 13.8 Å². The quantitative estimate of drug-likeness (QED) is 0.604. The highest BCUT2D eigenvalue weighted by Gasteiger charge is 2.13. The highest BCUT2D eigenvalue weighted by Crippen LogP contribution is 2.32. The number of aryl methyl sites for hydroxylation is 1. The predicted molar refractivity (Wildman–Crippen MR) is 85.1 cm³/mol. The number of aliphatic hydroxyl groups excluding tert-OH is 2. The molecule has 1 aromatic rings. The highest BCUT2D eigenvalue weighted by molar-refractivity contribution is 6.31. The van der Waals surface area contributed by atoms with Crippen LogP contribution in [0.2, 0.25) is 5.02 Å². The van der Waals surface area contributed by atoms with Gasteiger partial charge in [0.15, 0.2) is 0 Å². The number of hydrogen-bond donors (Lipinski definition) is 3. The summed E-state index contributed by atoms with van der Waals surface area (Å²) in [7, 11) is 0. The lowest BCUT2D eigenvalue weighted by Gasteiger charge is -2.17. The summed E-state index contributed by atoms with van der Waals surface area (Å²) in [6.07, 6.45) is 0.209. The first-order valence-electron chi connectivity index (χ1n) is 7.49. The molecule has 5 heteroatoms. The third-order valence-corrected chi connectivity index (χ3v) is 3.76. The standard InChI is InChI=1S/C16H26ClNO3/c1-11(2)14-8-15(17)12(3)7-16(14)21-10-13(20)9-18-5-4-6-19/h7-8,11,13,18-20H,4-6,9-10H2,1-3H3/p+1/t13-/m0/s1. The van der Waals surface area contributed by atoms with Gasteiger partial charge in [-0.3, -0.25) is 0 Å². The molecule has 1 rings (SSSR count). The average molecular weight is 317 g/mol. The van der Waals surface area contributed by atoms with E-state index in [1.165, 1.54) is 0 Å². The zero-order valence-electron chi connectivity index (χ0n) is 13.1. The molecule has 0 saturated heterocycles. The van der Waals surface area contributed by atoms with Crippen LogP contribution >= 0.6 is 11.6 Å². The normalized spacial score (nSPS) is 12.7. The SMILES string of the molecule is Cc1cc(OC[C@@H](O)C[NH2+]CCCO)c(C(C)C)cc1Cl. The average Bonchev–Trinajstić information content (AvgIpc) is 2.44. The number of benzene rings is 1. The van der Waals surface area contributed by atoms with Gasteiger partial charge in [0.25, 0.3) is 0 Å². The fraction of sp³-hybridized carbons (Fsp3) is 0.625. The summed E-state index contributed by atoms with van der Waals surface area (Å²) in [5, 5.41) is 21.3. The zero-order valence-corrected chi connectivity index (χ0v) is 13.9. The van der Waals surface area contributed by atoms with Crippen molar-refractivity contribution in [2.75, 3.05) is 26.3 Å². The summed E-state index contributed by atoms with van der Waals surface area (Å²) in [6, 6.07) is 3.87. The maximum atomic E-state index is 9.92. The van der Waals surface area contributed by atoms with Gasteiger partial charge < -0.3 is 20.3 Å². The zero-order chi connectivity index (χ0) is 15.8. The minimum atomic E-state index is -0.528. The maximum absolute atomic E-state index is 9.92. The van der Waals surface area contributed by atoms with Gasteiger partial charge in [0, 0.05) is 18.1 Å². The Balaban J connectivity index is 2.56.